The Morgan fingerprint density at radius 3 is 2.62 bits per heavy atom. The van der Waals surface area contributed by atoms with E-state index in [2.05, 4.69) is 4.84 Å². The zero-order chi connectivity index (χ0) is 30.9. The summed E-state index contributed by atoms with van der Waals surface area (Å²) in [5, 5.41) is 32.4. The van der Waals surface area contributed by atoms with Gasteiger partial charge in [0.05, 0.1) is 25.7 Å². The largest absolute Gasteiger partial charge is 0.465 e. The molecule has 3 fully saturated rings. The molecule has 4 aliphatic rings. The predicted molar refractivity (Wildman–Crippen MR) is 145 cm³/mol. The van der Waals surface area contributed by atoms with Crippen LogP contribution in [0.3, 0.4) is 0 Å². The number of aliphatic hydroxyl groups excluding tert-OH is 1. The van der Waals surface area contributed by atoms with E-state index in [0.29, 0.717) is 19.3 Å². The molecule has 13 nitrogen and oxygen atoms in total. The van der Waals surface area contributed by atoms with E-state index in [-0.39, 0.29) is 56.0 Å². The standard InChI is InChI=1S/C29H40N2O11/c1-27-9-7-18(32)13-17(27)5-6-19-20-8-10-29(37,28(20,2)15-22(33)25(19)27)23(34)16-41-24(35)14-21(30)26(36)40-11-3-4-12-42-31(38)39/h7,9,13,19-22,25,33,37H,3-6,8,10-12,14-16,30H2,1-2H3/t19-,20-,21?,22-,25+,27-,28-,29-/m0/s1. The highest BCUT2D eigenvalue weighted by atomic mass is 16.9. The maximum atomic E-state index is 13.4. The van der Waals surface area contributed by atoms with Crippen molar-refractivity contribution in [3.63, 3.8) is 0 Å². The molecule has 0 aliphatic heterocycles. The molecule has 0 aromatic heterocycles. The van der Waals surface area contributed by atoms with Crippen LogP contribution >= 0.6 is 0 Å². The number of carbonyl (C=O) groups is 4. The van der Waals surface area contributed by atoms with Crippen LogP contribution in [0.25, 0.3) is 0 Å². The van der Waals surface area contributed by atoms with Gasteiger partial charge in [-0.2, -0.15) is 0 Å². The molecule has 42 heavy (non-hydrogen) atoms. The van der Waals surface area contributed by atoms with Crippen molar-refractivity contribution in [3.05, 3.63) is 33.9 Å². The minimum Gasteiger partial charge on any atom is -0.465 e. The minimum absolute atomic E-state index is 0.0349. The molecule has 0 radical (unpaired) electrons. The molecule has 0 heterocycles. The summed E-state index contributed by atoms with van der Waals surface area (Å²) in [6, 6.07) is -1.33. The second kappa shape index (κ2) is 12.2. The maximum absolute atomic E-state index is 13.4. The van der Waals surface area contributed by atoms with E-state index < -0.39 is 64.4 Å². The second-order valence-corrected chi connectivity index (χ2v) is 12.4. The van der Waals surface area contributed by atoms with Crippen LogP contribution in [-0.2, 0) is 33.5 Å². The Bertz CT molecular complexity index is 1180. The zero-order valence-electron chi connectivity index (χ0n) is 24.0. The molecule has 8 atom stereocenters. The summed E-state index contributed by atoms with van der Waals surface area (Å²) in [6.45, 7) is 2.97. The molecular weight excluding hydrogens is 552 g/mol. The Balaban J connectivity index is 1.31. The average molecular weight is 593 g/mol. The van der Waals surface area contributed by atoms with Crippen molar-refractivity contribution in [2.75, 3.05) is 19.8 Å². The Morgan fingerprint density at radius 2 is 1.90 bits per heavy atom. The number of nitrogens with zero attached hydrogens (tertiary/aromatic N) is 1. The number of fused-ring (bicyclic) bond motifs is 5. The zero-order valence-corrected chi connectivity index (χ0v) is 24.0. The van der Waals surface area contributed by atoms with Crippen LogP contribution < -0.4 is 5.73 Å². The van der Waals surface area contributed by atoms with Gasteiger partial charge in [0.1, 0.15) is 11.6 Å². The van der Waals surface area contributed by atoms with E-state index >= 15 is 0 Å². The summed E-state index contributed by atoms with van der Waals surface area (Å²) in [7, 11) is 0. The molecule has 13 heteroatoms. The first-order valence-electron chi connectivity index (χ1n) is 14.5. The fourth-order valence-corrected chi connectivity index (χ4v) is 8.00. The highest BCUT2D eigenvalue weighted by molar-refractivity contribution is 6.01. The van der Waals surface area contributed by atoms with Crippen LogP contribution in [0.1, 0.15) is 65.2 Å². The Kier molecular flexibility index (Phi) is 9.24. The topological polar surface area (TPSA) is 206 Å². The Hall–Kier alpha value is -3.16. The van der Waals surface area contributed by atoms with Crippen molar-refractivity contribution in [3.8, 4) is 0 Å². The molecule has 0 aromatic rings. The number of unbranched alkanes of at least 4 members (excludes halogenated alkanes) is 1. The first kappa shape index (κ1) is 31.8. The quantitative estimate of drug-likeness (QED) is 0.127. The van der Waals surface area contributed by atoms with Gasteiger partial charge in [-0.05, 0) is 68.9 Å². The van der Waals surface area contributed by atoms with E-state index in [1.807, 2.05) is 19.9 Å². The third-order valence-corrected chi connectivity index (χ3v) is 10.1. The van der Waals surface area contributed by atoms with Gasteiger partial charge < -0.3 is 30.3 Å². The van der Waals surface area contributed by atoms with Crippen LogP contribution in [0.15, 0.2) is 23.8 Å². The van der Waals surface area contributed by atoms with E-state index in [1.165, 1.54) is 0 Å². The number of rotatable bonds is 12. The first-order chi connectivity index (χ1) is 19.7. The van der Waals surface area contributed by atoms with Crippen molar-refractivity contribution in [2.45, 2.75) is 83.0 Å². The lowest BCUT2D eigenvalue weighted by Crippen LogP contribution is -2.61. The number of aliphatic hydroxyl groups is 2. The summed E-state index contributed by atoms with van der Waals surface area (Å²) in [4.78, 5) is 64.0. The summed E-state index contributed by atoms with van der Waals surface area (Å²) in [6.07, 6.45) is 6.73. The molecule has 3 saturated carbocycles. The molecule has 4 rings (SSSR count). The van der Waals surface area contributed by atoms with Crippen LogP contribution in [-0.4, -0.2) is 76.4 Å². The number of hydrogen-bond donors (Lipinski definition) is 3. The lowest BCUT2D eigenvalue weighted by atomic mass is 9.46. The number of ether oxygens (including phenoxy) is 2. The third kappa shape index (κ3) is 5.86. The second-order valence-electron chi connectivity index (χ2n) is 12.4. The molecule has 4 aliphatic carbocycles. The monoisotopic (exact) mass is 592 g/mol. The number of allylic oxidation sites excluding steroid dienone is 4. The fraction of sp³-hybridized carbons (Fsp3) is 0.724. The molecule has 4 N–H and O–H groups in total. The minimum atomic E-state index is -1.81. The van der Waals surface area contributed by atoms with Gasteiger partial charge in [0.25, 0.3) is 5.09 Å². The van der Waals surface area contributed by atoms with Crippen molar-refractivity contribution in [2.24, 2.45) is 34.3 Å². The Labute approximate surface area is 243 Å². The fourth-order valence-electron chi connectivity index (χ4n) is 8.00. The van der Waals surface area contributed by atoms with Gasteiger partial charge in [-0.15, -0.1) is 10.1 Å². The lowest BCUT2D eigenvalue weighted by molar-refractivity contribution is -0.757. The summed E-state index contributed by atoms with van der Waals surface area (Å²) in [5.41, 5.74) is 3.53. The van der Waals surface area contributed by atoms with Crippen molar-refractivity contribution in [1.82, 2.24) is 0 Å². The van der Waals surface area contributed by atoms with Crippen LogP contribution in [0, 0.1) is 38.7 Å². The maximum Gasteiger partial charge on any atom is 0.323 e. The van der Waals surface area contributed by atoms with Crippen LogP contribution in [0.5, 0.6) is 0 Å². The highest BCUT2D eigenvalue weighted by Crippen LogP contribution is 2.67. The van der Waals surface area contributed by atoms with Gasteiger partial charge in [0.2, 0.25) is 5.78 Å². The molecule has 232 valence electrons. The van der Waals surface area contributed by atoms with Gasteiger partial charge in [-0.25, -0.2) is 0 Å². The molecule has 0 saturated heterocycles. The van der Waals surface area contributed by atoms with Crippen molar-refractivity contribution in [1.29, 1.82) is 0 Å². The highest BCUT2D eigenvalue weighted by Gasteiger charge is 2.68. The van der Waals surface area contributed by atoms with Gasteiger partial charge >= 0.3 is 11.9 Å². The molecule has 0 aromatic carbocycles. The lowest BCUT2D eigenvalue weighted by Gasteiger charge is -2.59. The van der Waals surface area contributed by atoms with Crippen molar-refractivity contribution >= 4 is 23.5 Å². The number of Topliss-reactive ketones (excluding diaryl/α,β-unsaturated/α-hetero) is 1. The average Bonchev–Trinajstić information content (AvgIpc) is 3.19. The van der Waals surface area contributed by atoms with E-state index in [4.69, 9.17) is 15.2 Å². The Morgan fingerprint density at radius 1 is 1.19 bits per heavy atom. The van der Waals surface area contributed by atoms with E-state index in [1.54, 1.807) is 12.2 Å². The van der Waals surface area contributed by atoms with Crippen molar-refractivity contribution < 1.29 is 48.8 Å². The number of hydrogen-bond acceptors (Lipinski definition) is 12. The van der Waals surface area contributed by atoms with Gasteiger partial charge in [0.15, 0.2) is 12.4 Å². The number of nitrogens with two attached hydrogens (primary N) is 1. The predicted octanol–water partition coefficient (Wildman–Crippen LogP) is 1.36. The molecule has 0 bridgehead atoms. The molecule has 0 amide bonds. The summed E-state index contributed by atoms with van der Waals surface area (Å²) >= 11 is 0. The van der Waals surface area contributed by atoms with Gasteiger partial charge in [-0.1, -0.05) is 25.5 Å². The SMILES string of the molecule is C[C@]12C=CC(=O)C=C1CC[C@@H]1[C@@H]2[C@@H](O)C[C@@]2(C)[C@H]1CC[C@]2(O)C(=O)COC(=O)CC(N)C(=O)OCCCCO[N+](=O)[O-]. The van der Waals surface area contributed by atoms with Gasteiger partial charge in [0, 0.05) is 16.7 Å². The number of esters is 2. The third-order valence-electron chi connectivity index (χ3n) is 10.1. The van der Waals surface area contributed by atoms with Crippen LogP contribution in [0.4, 0.5) is 0 Å². The van der Waals surface area contributed by atoms with E-state index in [0.717, 1.165) is 12.0 Å². The number of ketones is 2. The molecule has 0 spiro atoms. The summed E-state index contributed by atoms with van der Waals surface area (Å²) in [5.74, 6) is -2.64. The normalized spacial score (nSPS) is 35.6. The van der Waals surface area contributed by atoms with Gasteiger partial charge in [-0.3, -0.25) is 19.2 Å². The van der Waals surface area contributed by atoms with E-state index in [9.17, 15) is 39.5 Å². The number of carbonyl (C=O) groups excluding carboxylic acids is 4. The van der Waals surface area contributed by atoms with Crippen LogP contribution in [0.2, 0.25) is 0 Å². The summed E-state index contributed by atoms with van der Waals surface area (Å²) < 4.78 is 10.1. The molecule has 1 unspecified atom stereocenters. The smallest absolute Gasteiger partial charge is 0.323 e. The first-order valence-corrected chi connectivity index (χ1v) is 14.5. The molecular formula is C29H40N2O11.